The summed E-state index contributed by atoms with van der Waals surface area (Å²) in [5.74, 6) is 0.734. The molecule has 2 aromatic carbocycles. The lowest BCUT2D eigenvalue weighted by Gasteiger charge is -2.37. The van der Waals surface area contributed by atoms with Crippen LogP contribution < -0.4 is 19.7 Å². The van der Waals surface area contributed by atoms with Crippen LogP contribution >= 0.6 is 0 Å². The Morgan fingerprint density at radius 2 is 1.97 bits per heavy atom. The molecule has 2 aromatic rings. The third kappa shape index (κ3) is 3.88. The average Bonchev–Trinajstić information content (AvgIpc) is 3.12. The highest BCUT2D eigenvalue weighted by Crippen LogP contribution is 2.39. The minimum absolute atomic E-state index is 0.0632. The van der Waals surface area contributed by atoms with Crippen LogP contribution in [0.1, 0.15) is 32.3 Å². The second-order valence-electron chi connectivity index (χ2n) is 8.54. The summed E-state index contributed by atoms with van der Waals surface area (Å²) in [5, 5.41) is 2.90. The van der Waals surface area contributed by atoms with Gasteiger partial charge in [-0.3, -0.25) is 14.4 Å². The van der Waals surface area contributed by atoms with Crippen molar-refractivity contribution in [3.63, 3.8) is 0 Å². The van der Waals surface area contributed by atoms with E-state index in [0.717, 1.165) is 5.56 Å². The predicted molar refractivity (Wildman–Crippen MR) is 120 cm³/mol. The Bertz CT molecular complexity index is 1080. The van der Waals surface area contributed by atoms with Gasteiger partial charge in [-0.1, -0.05) is 18.2 Å². The fourth-order valence-corrected chi connectivity index (χ4v) is 4.23. The van der Waals surface area contributed by atoms with Crippen LogP contribution in [0.5, 0.6) is 11.5 Å². The summed E-state index contributed by atoms with van der Waals surface area (Å²) in [6.45, 7) is 3.72. The van der Waals surface area contributed by atoms with E-state index in [4.69, 9.17) is 9.47 Å². The molecule has 168 valence electrons. The number of anilines is 2. The first-order valence-electron chi connectivity index (χ1n) is 10.5. The largest absolute Gasteiger partial charge is 0.496 e. The minimum Gasteiger partial charge on any atom is -0.496 e. The number of amides is 3. The average molecular weight is 437 g/mol. The zero-order chi connectivity index (χ0) is 23.0. The van der Waals surface area contributed by atoms with E-state index in [1.807, 2.05) is 24.3 Å². The second kappa shape index (κ2) is 8.18. The molecule has 1 saturated heterocycles. The van der Waals surface area contributed by atoms with Crippen LogP contribution in [0.4, 0.5) is 11.4 Å². The van der Waals surface area contributed by atoms with Crippen LogP contribution in [0.15, 0.2) is 42.5 Å². The maximum absolute atomic E-state index is 13.1. The number of hydrogen-bond acceptors (Lipinski definition) is 5. The molecule has 0 saturated carbocycles. The highest BCUT2D eigenvalue weighted by Gasteiger charge is 2.40. The Kier molecular flexibility index (Phi) is 5.54. The third-order valence-electron chi connectivity index (χ3n) is 5.94. The second-order valence-corrected chi connectivity index (χ2v) is 8.54. The van der Waals surface area contributed by atoms with Crippen molar-refractivity contribution in [2.45, 2.75) is 44.9 Å². The van der Waals surface area contributed by atoms with Gasteiger partial charge in [-0.15, -0.1) is 0 Å². The van der Waals surface area contributed by atoms with E-state index in [9.17, 15) is 14.4 Å². The first-order chi connectivity index (χ1) is 15.2. The predicted octanol–water partition coefficient (Wildman–Crippen LogP) is 2.96. The summed E-state index contributed by atoms with van der Waals surface area (Å²) in [6, 6.07) is 12.1. The molecule has 0 aromatic heterocycles. The highest BCUT2D eigenvalue weighted by molar-refractivity contribution is 6.03. The standard InChI is InChI=1S/C24H27N3O5/c1-24(2)23(30)26(3)17-10-9-16(13-20(17)32-24)25-22(29)18-11-12-21(28)27(18)14-15-7-5-6-8-19(15)31-4/h5-10,13,18H,11-12,14H2,1-4H3,(H,25,29). The number of likely N-dealkylation sites (N-methyl/N-ethyl adjacent to an activating group) is 1. The number of carbonyl (C=O) groups excluding carboxylic acids is 3. The summed E-state index contributed by atoms with van der Waals surface area (Å²) in [7, 11) is 3.28. The molecule has 32 heavy (non-hydrogen) atoms. The molecular weight excluding hydrogens is 410 g/mol. The van der Waals surface area contributed by atoms with Gasteiger partial charge in [0, 0.05) is 30.8 Å². The zero-order valence-electron chi connectivity index (χ0n) is 18.7. The number of carbonyl (C=O) groups is 3. The maximum atomic E-state index is 13.1. The van der Waals surface area contributed by atoms with Gasteiger partial charge in [-0.2, -0.15) is 0 Å². The Morgan fingerprint density at radius 1 is 1.22 bits per heavy atom. The van der Waals surface area contributed by atoms with Crippen LogP contribution in [-0.2, 0) is 20.9 Å². The number of methoxy groups -OCH3 is 1. The van der Waals surface area contributed by atoms with E-state index in [1.165, 1.54) is 0 Å². The number of nitrogens with one attached hydrogen (secondary N) is 1. The van der Waals surface area contributed by atoms with E-state index in [-0.39, 0.29) is 17.7 Å². The molecule has 0 radical (unpaired) electrons. The fourth-order valence-electron chi connectivity index (χ4n) is 4.23. The first kappa shape index (κ1) is 21.7. The van der Waals surface area contributed by atoms with Crippen LogP contribution in [0, 0.1) is 0 Å². The molecule has 1 fully saturated rings. The smallest absolute Gasteiger partial charge is 0.270 e. The van der Waals surface area contributed by atoms with Crippen LogP contribution in [0.25, 0.3) is 0 Å². The molecule has 8 heteroatoms. The number of nitrogens with zero attached hydrogens (tertiary/aromatic N) is 2. The molecule has 3 amide bonds. The topological polar surface area (TPSA) is 88.2 Å². The van der Waals surface area contributed by atoms with Gasteiger partial charge >= 0.3 is 0 Å². The molecule has 0 spiro atoms. The lowest BCUT2D eigenvalue weighted by Crippen LogP contribution is -2.50. The van der Waals surface area contributed by atoms with E-state index in [0.29, 0.717) is 42.3 Å². The van der Waals surface area contributed by atoms with Crippen molar-refractivity contribution in [3.05, 3.63) is 48.0 Å². The van der Waals surface area contributed by atoms with Crippen LogP contribution in [-0.4, -0.2) is 48.4 Å². The molecule has 1 atom stereocenters. The monoisotopic (exact) mass is 437 g/mol. The third-order valence-corrected chi connectivity index (χ3v) is 5.94. The van der Waals surface area contributed by atoms with E-state index < -0.39 is 11.6 Å². The molecule has 8 nitrogen and oxygen atoms in total. The lowest BCUT2D eigenvalue weighted by molar-refractivity contribution is -0.133. The van der Waals surface area contributed by atoms with E-state index >= 15 is 0 Å². The number of rotatable bonds is 5. The number of ether oxygens (including phenoxy) is 2. The Balaban J connectivity index is 1.52. The number of para-hydroxylation sites is 1. The molecule has 2 aliphatic heterocycles. The van der Waals surface area contributed by atoms with Crippen molar-refractivity contribution in [1.29, 1.82) is 0 Å². The van der Waals surface area contributed by atoms with Crippen molar-refractivity contribution in [2.75, 3.05) is 24.4 Å². The number of hydrogen-bond donors (Lipinski definition) is 1. The minimum atomic E-state index is -0.992. The van der Waals surface area contributed by atoms with E-state index in [2.05, 4.69) is 5.32 Å². The summed E-state index contributed by atoms with van der Waals surface area (Å²) in [4.78, 5) is 41.1. The van der Waals surface area contributed by atoms with Gasteiger partial charge in [-0.05, 0) is 38.5 Å². The number of benzene rings is 2. The molecule has 1 unspecified atom stereocenters. The van der Waals surface area contributed by atoms with Crippen molar-refractivity contribution in [2.24, 2.45) is 0 Å². The van der Waals surface area contributed by atoms with Crippen molar-refractivity contribution in [1.82, 2.24) is 4.90 Å². The van der Waals surface area contributed by atoms with Gasteiger partial charge in [-0.25, -0.2) is 0 Å². The van der Waals surface area contributed by atoms with Crippen LogP contribution in [0.2, 0.25) is 0 Å². The summed E-state index contributed by atoms with van der Waals surface area (Å²) >= 11 is 0. The maximum Gasteiger partial charge on any atom is 0.270 e. The molecule has 2 aliphatic rings. The first-order valence-corrected chi connectivity index (χ1v) is 10.5. The van der Waals surface area contributed by atoms with Gasteiger partial charge < -0.3 is 24.6 Å². The molecule has 0 bridgehead atoms. The zero-order valence-corrected chi connectivity index (χ0v) is 18.7. The lowest BCUT2D eigenvalue weighted by atomic mass is 10.0. The summed E-state index contributed by atoms with van der Waals surface area (Å²) in [6.07, 6.45) is 0.771. The van der Waals surface area contributed by atoms with Gasteiger partial charge in [0.25, 0.3) is 5.91 Å². The Labute approximate surface area is 187 Å². The number of likely N-dealkylation sites (tertiary alicyclic amines) is 1. The van der Waals surface area contributed by atoms with Gasteiger partial charge in [0.15, 0.2) is 5.60 Å². The quantitative estimate of drug-likeness (QED) is 0.777. The van der Waals surface area contributed by atoms with Crippen molar-refractivity contribution < 1.29 is 23.9 Å². The van der Waals surface area contributed by atoms with Crippen molar-refractivity contribution >= 4 is 29.1 Å². The van der Waals surface area contributed by atoms with Gasteiger partial charge in [0.2, 0.25) is 11.8 Å². The summed E-state index contributed by atoms with van der Waals surface area (Å²) < 4.78 is 11.3. The Hall–Kier alpha value is -3.55. The SMILES string of the molecule is COc1ccccc1CN1C(=O)CCC1C(=O)Nc1ccc2c(c1)OC(C)(C)C(=O)N2C. The molecule has 0 aliphatic carbocycles. The van der Waals surface area contributed by atoms with E-state index in [1.54, 1.807) is 56.0 Å². The highest BCUT2D eigenvalue weighted by atomic mass is 16.5. The van der Waals surface area contributed by atoms with Crippen molar-refractivity contribution in [3.8, 4) is 11.5 Å². The fraction of sp³-hybridized carbons (Fsp3) is 0.375. The number of fused-ring (bicyclic) bond motifs is 1. The Morgan fingerprint density at radius 3 is 2.72 bits per heavy atom. The van der Waals surface area contributed by atoms with Gasteiger partial charge in [0.05, 0.1) is 19.3 Å². The normalized spacial score (nSPS) is 19.4. The molecule has 4 rings (SSSR count). The molecule has 1 N–H and O–H groups in total. The van der Waals surface area contributed by atoms with Crippen LogP contribution in [0.3, 0.4) is 0 Å². The molecule has 2 heterocycles. The van der Waals surface area contributed by atoms with Gasteiger partial charge in [0.1, 0.15) is 17.5 Å². The molecular formula is C24H27N3O5. The summed E-state index contributed by atoms with van der Waals surface area (Å²) in [5.41, 5.74) is 1.04.